The monoisotopic (exact) mass is 185 g/mol. The second-order valence-corrected chi connectivity index (χ2v) is 4.01. The van der Waals surface area contributed by atoms with Crippen molar-refractivity contribution >= 4 is 5.91 Å². The van der Waals surface area contributed by atoms with Gasteiger partial charge in [-0.05, 0) is 25.7 Å². The minimum absolute atomic E-state index is 0.00722. The molecular weight excluding hydrogens is 170 g/mol. The van der Waals surface area contributed by atoms with Gasteiger partial charge >= 0.3 is 0 Å². The van der Waals surface area contributed by atoms with Crippen LogP contribution in [0.25, 0.3) is 0 Å². The van der Waals surface area contributed by atoms with Crippen LogP contribution >= 0.6 is 0 Å². The van der Waals surface area contributed by atoms with Crippen LogP contribution in [0.5, 0.6) is 0 Å². The van der Waals surface area contributed by atoms with Gasteiger partial charge in [-0.25, -0.2) is 10.1 Å². The van der Waals surface area contributed by atoms with Crippen molar-refractivity contribution in [1.29, 1.82) is 0 Å². The fourth-order valence-corrected chi connectivity index (χ4v) is 2.50. The quantitative estimate of drug-likeness (QED) is 0.478. The van der Waals surface area contributed by atoms with Gasteiger partial charge in [0, 0.05) is 12.3 Å². The van der Waals surface area contributed by atoms with Crippen molar-refractivity contribution in [2.45, 2.75) is 44.2 Å². The predicted octanol–water partition coefficient (Wildman–Crippen LogP) is 1.27. The molecular formula is C9H15NO3. The second kappa shape index (κ2) is 3.27. The van der Waals surface area contributed by atoms with Crippen LogP contribution < -0.4 is 5.32 Å². The Kier molecular flexibility index (Phi) is 2.26. The van der Waals surface area contributed by atoms with E-state index in [-0.39, 0.29) is 5.91 Å². The summed E-state index contributed by atoms with van der Waals surface area (Å²) in [5.41, 5.74) is -0.756. The van der Waals surface area contributed by atoms with Crippen molar-refractivity contribution in [3.63, 3.8) is 0 Å². The first-order chi connectivity index (χ1) is 6.27. The van der Waals surface area contributed by atoms with E-state index in [2.05, 4.69) is 10.2 Å². The molecule has 2 fully saturated rings. The minimum Gasteiger partial charge on any atom is -0.325 e. The predicted molar refractivity (Wildman–Crippen MR) is 45.8 cm³/mol. The third-order valence-corrected chi connectivity index (χ3v) is 3.24. The molecule has 2 aliphatic rings. The van der Waals surface area contributed by atoms with Crippen LogP contribution in [0.4, 0.5) is 0 Å². The molecule has 13 heavy (non-hydrogen) atoms. The summed E-state index contributed by atoms with van der Waals surface area (Å²) in [5, 5.41) is 11.7. The van der Waals surface area contributed by atoms with Gasteiger partial charge in [0.05, 0.1) is 0 Å². The number of hydrogen-bond acceptors (Lipinski definition) is 3. The molecule has 0 bridgehead atoms. The highest BCUT2D eigenvalue weighted by Gasteiger charge is 2.46. The van der Waals surface area contributed by atoms with Crippen molar-refractivity contribution in [2.24, 2.45) is 5.92 Å². The number of piperidine rings is 1. The van der Waals surface area contributed by atoms with E-state index in [1.54, 1.807) is 0 Å². The molecule has 1 saturated carbocycles. The number of rotatable bonds is 1. The Balaban J connectivity index is 2.16. The van der Waals surface area contributed by atoms with Gasteiger partial charge in [-0.2, -0.15) is 0 Å². The standard InChI is InChI=1S/C9H15NO3/c11-8-5-4-7-3-1-2-6-9(7,10-8)13-12/h7,12H,1-6H2,(H,10,11)/t7-,9+/m1/s1. The van der Waals surface area contributed by atoms with Crippen LogP contribution in [0.1, 0.15) is 38.5 Å². The fraction of sp³-hybridized carbons (Fsp3) is 0.889. The summed E-state index contributed by atoms with van der Waals surface area (Å²) in [7, 11) is 0. The van der Waals surface area contributed by atoms with Crippen molar-refractivity contribution in [1.82, 2.24) is 5.32 Å². The van der Waals surface area contributed by atoms with Crippen molar-refractivity contribution < 1.29 is 14.9 Å². The lowest BCUT2D eigenvalue weighted by atomic mass is 9.76. The smallest absolute Gasteiger partial charge is 0.222 e. The fourth-order valence-electron chi connectivity index (χ4n) is 2.50. The van der Waals surface area contributed by atoms with E-state index in [1.807, 2.05) is 0 Å². The van der Waals surface area contributed by atoms with Gasteiger partial charge in [-0.15, -0.1) is 0 Å². The van der Waals surface area contributed by atoms with Gasteiger partial charge in [0.15, 0.2) is 5.72 Å². The highest BCUT2D eigenvalue weighted by Crippen LogP contribution is 2.39. The van der Waals surface area contributed by atoms with Crippen molar-refractivity contribution in [2.75, 3.05) is 0 Å². The van der Waals surface area contributed by atoms with Crippen LogP contribution in [0.15, 0.2) is 0 Å². The molecule has 1 saturated heterocycles. The van der Waals surface area contributed by atoms with E-state index in [1.165, 1.54) is 6.42 Å². The van der Waals surface area contributed by atoms with Gasteiger partial charge in [0.2, 0.25) is 5.91 Å². The Morgan fingerprint density at radius 1 is 1.46 bits per heavy atom. The molecule has 0 radical (unpaired) electrons. The Morgan fingerprint density at radius 3 is 3.08 bits per heavy atom. The molecule has 1 amide bonds. The molecule has 4 heteroatoms. The van der Waals surface area contributed by atoms with Gasteiger partial charge < -0.3 is 5.32 Å². The number of fused-ring (bicyclic) bond motifs is 1. The van der Waals surface area contributed by atoms with E-state index < -0.39 is 5.72 Å². The Bertz CT molecular complexity index is 219. The molecule has 0 aromatic heterocycles. The van der Waals surface area contributed by atoms with Crippen LogP contribution in [0.2, 0.25) is 0 Å². The Morgan fingerprint density at radius 2 is 2.31 bits per heavy atom. The first-order valence-corrected chi connectivity index (χ1v) is 4.90. The average Bonchev–Trinajstić information content (AvgIpc) is 2.17. The summed E-state index contributed by atoms with van der Waals surface area (Å²) in [6.07, 6.45) is 5.37. The van der Waals surface area contributed by atoms with Gasteiger partial charge in [-0.3, -0.25) is 4.79 Å². The summed E-state index contributed by atoms with van der Waals surface area (Å²) in [6.45, 7) is 0. The summed E-state index contributed by atoms with van der Waals surface area (Å²) >= 11 is 0. The van der Waals surface area contributed by atoms with Crippen LogP contribution in [-0.4, -0.2) is 16.9 Å². The summed E-state index contributed by atoms with van der Waals surface area (Å²) in [4.78, 5) is 15.7. The molecule has 1 heterocycles. The third kappa shape index (κ3) is 1.44. The zero-order valence-corrected chi connectivity index (χ0v) is 7.58. The van der Waals surface area contributed by atoms with Crippen molar-refractivity contribution in [3.8, 4) is 0 Å². The third-order valence-electron chi connectivity index (χ3n) is 3.24. The molecule has 2 atom stereocenters. The van der Waals surface area contributed by atoms with E-state index in [4.69, 9.17) is 5.26 Å². The molecule has 1 aliphatic carbocycles. The van der Waals surface area contributed by atoms with Gasteiger partial charge in [0.25, 0.3) is 0 Å². The van der Waals surface area contributed by atoms with Crippen LogP contribution in [-0.2, 0) is 9.68 Å². The molecule has 0 unspecified atom stereocenters. The van der Waals surface area contributed by atoms with E-state index in [9.17, 15) is 4.79 Å². The highest BCUT2D eigenvalue weighted by atomic mass is 17.1. The Labute approximate surface area is 77.2 Å². The molecule has 2 N–H and O–H groups in total. The number of nitrogens with one attached hydrogen (secondary N) is 1. The lowest BCUT2D eigenvalue weighted by Gasteiger charge is -2.44. The summed E-state index contributed by atoms with van der Waals surface area (Å²) in [6, 6.07) is 0. The van der Waals surface area contributed by atoms with Crippen LogP contribution in [0.3, 0.4) is 0 Å². The SMILES string of the molecule is O=C1CC[C@H]2CCCC[C@@]2(OO)N1. The number of hydrogen-bond donors (Lipinski definition) is 2. The second-order valence-electron chi connectivity index (χ2n) is 4.01. The first kappa shape index (κ1) is 8.97. The average molecular weight is 185 g/mol. The minimum atomic E-state index is -0.756. The zero-order valence-electron chi connectivity index (χ0n) is 7.58. The zero-order chi connectivity index (χ0) is 9.31. The summed E-state index contributed by atoms with van der Waals surface area (Å²) < 4.78 is 0. The van der Waals surface area contributed by atoms with E-state index in [0.717, 1.165) is 25.7 Å². The largest absolute Gasteiger partial charge is 0.325 e. The summed E-state index contributed by atoms with van der Waals surface area (Å²) in [5.74, 6) is 0.288. The molecule has 0 aromatic rings. The molecule has 2 rings (SSSR count). The molecule has 1 aliphatic heterocycles. The van der Waals surface area contributed by atoms with Gasteiger partial charge in [0.1, 0.15) is 0 Å². The molecule has 4 nitrogen and oxygen atoms in total. The molecule has 0 spiro atoms. The number of carbonyl (C=O) groups is 1. The van der Waals surface area contributed by atoms with Gasteiger partial charge in [-0.1, -0.05) is 6.42 Å². The first-order valence-electron chi connectivity index (χ1n) is 4.90. The number of carbonyl (C=O) groups excluding carboxylic acids is 1. The maximum Gasteiger partial charge on any atom is 0.222 e. The topological polar surface area (TPSA) is 58.6 Å². The van der Waals surface area contributed by atoms with Crippen LogP contribution in [0, 0.1) is 5.92 Å². The molecule has 74 valence electrons. The Hall–Kier alpha value is -0.610. The lowest BCUT2D eigenvalue weighted by molar-refractivity contribution is -0.355. The maximum atomic E-state index is 11.2. The highest BCUT2D eigenvalue weighted by molar-refractivity contribution is 5.77. The maximum absolute atomic E-state index is 11.2. The normalized spacial score (nSPS) is 39.5. The lowest BCUT2D eigenvalue weighted by Crippen LogP contribution is -2.59. The van der Waals surface area contributed by atoms with Crippen molar-refractivity contribution in [3.05, 3.63) is 0 Å². The number of amides is 1. The van der Waals surface area contributed by atoms with E-state index >= 15 is 0 Å². The molecule has 0 aromatic carbocycles. The van der Waals surface area contributed by atoms with E-state index in [0.29, 0.717) is 12.3 Å².